The van der Waals surface area contributed by atoms with Gasteiger partial charge in [0.2, 0.25) is 0 Å². The molecule has 6 heteroatoms. The van der Waals surface area contributed by atoms with Crippen molar-refractivity contribution in [2.24, 2.45) is 0 Å². The van der Waals surface area contributed by atoms with Crippen LogP contribution in [0.3, 0.4) is 0 Å². The number of halogens is 1. The van der Waals surface area contributed by atoms with Crippen LogP contribution in [0.5, 0.6) is 5.75 Å². The number of aryl methyl sites for hydroxylation is 1. The molecule has 0 spiro atoms. The van der Waals surface area contributed by atoms with E-state index in [4.69, 9.17) is 16.3 Å². The fourth-order valence-corrected chi connectivity index (χ4v) is 3.97. The summed E-state index contributed by atoms with van der Waals surface area (Å²) in [5, 5.41) is 11.6. The van der Waals surface area contributed by atoms with Crippen molar-refractivity contribution in [2.45, 2.75) is 46.1 Å². The van der Waals surface area contributed by atoms with E-state index in [9.17, 15) is 14.7 Å². The Balaban J connectivity index is 2.14. The fraction of sp³-hybridized carbons (Fsp3) is 0.360. The largest absolute Gasteiger partial charge is 0.507 e. The number of unbranched alkanes of at least 4 members (excludes halogenated alkanes) is 1. The van der Waals surface area contributed by atoms with E-state index >= 15 is 0 Å². The lowest BCUT2D eigenvalue weighted by Crippen LogP contribution is -2.30. The number of aliphatic hydroxyl groups excluding tert-OH is 1. The summed E-state index contributed by atoms with van der Waals surface area (Å²) in [5.41, 5.74) is 2.44. The van der Waals surface area contributed by atoms with Crippen molar-refractivity contribution in [3.63, 3.8) is 0 Å². The number of rotatable bonds is 8. The Morgan fingerprint density at radius 3 is 2.42 bits per heavy atom. The first-order valence-corrected chi connectivity index (χ1v) is 11.1. The van der Waals surface area contributed by atoms with E-state index in [1.807, 2.05) is 38.1 Å². The maximum atomic E-state index is 13.0. The molecular weight excluding hydrogens is 414 g/mol. The highest BCUT2D eigenvalue weighted by molar-refractivity contribution is 6.46. The first-order valence-electron chi connectivity index (χ1n) is 10.7. The van der Waals surface area contributed by atoms with Gasteiger partial charge in [-0.25, -0.2) is 0 Å². The van der Waals surface area contributed by atoms with E-state index in [0.717, 1.165) is 30.4 Å². The van der Waals surface area contributed by atoms with Gasteiger partial charge in [-0.2, -0.15) is 0 Å². The predicted molar refractivity (Wildman–Crippen MR) is 122 cm³/mol. The lowest BCUT2D eigenvalue weighted by molar-refractivity contribution is -0.139. The molecule has 3 rings (SSSR count). The summed E-state index contributed by atoms with van der Waals surface area (Å²) in [6.45, 7) is 6.80. The van der Waals surface area contributed by atoms with Crippen molar-refractivity contribution in [3.8, 4) is 5.75 Å². The molecule has 1 N–H and O–H groups in total. The highest BCUT2D eigenvalue weighted by Crippen LogP contribution is 2.40. The van der Waals surface area contributed by atoms with E-state index in [2.05, 4.69) is 6.92 Å². The maximum Gasteiger partial charge on any atom is 0.295 e. The number of ketones is 1. The number of carbonyl (C=O) groups is 2. The number of aliphatic hydroxyl groups is 1. The van der Waals surface area contributed by atoms with E-state index < -0.39 is 17.7 Å². The number of ether oxygens (including phenoxy) is 1. The van der Waals surface area contributed by atoms with Gasteiger partial charge in [0.1, 0.15) is 11.5 Å². The molecule has 0 bridgehead atoms. The van der Waals surface area contributed by atoms with Crippen molar-refractivity contribution >= 4 is 29.1 Å². The molecule has 5 nitrogen and oxygen atoms in total. The molecule has 1 heterocycles. The molecule has 0 radical (unpaired) electrons. The summed E-state index contributed by atoms with van der Waals surface area (Å²) >= 11 is 6.17. The average molecular weight is 442 g/mol. The number of hydrogen-bond acceptors (Lipinski definition) is 4. The third-order valence-electron chi connectivity index (χ3n) is 5.50. The van der Waals surface area contributed by atoms with E-state index in [0.29, 0.717) is 29.5 Å². The minimum Gasteiger partial charge on any atom is -0.507 e. The third-order valence-corrected chi connectivity index (χ3v) is 5.81. The summed E-state index contributed by atoms with van der Waals surface area (Å²) in [7, 11) is 0. The quantitative estimate of drug-likeness (QED) is 0.332. The van der Waals surface area contributed by atoms with Crippen LogP contribution in [0.4, 0.5) is 0 Å². The molecule has 164 valence electrons. The van der Waals surface area contributed by atoms with Gasteiger partial charge in [0.25, 0.3) is 11.7 Å². The molecule has 1 aliphatic rings. The number of hydrogen-bond donors (Lipinski definition) is 1. The highest BCUT2D eigenvalue weighted by atomic mass is 35.5. The van der Waals surface area contributed by atoms with Gasteiger partial charge in [0.05, 0.1) is 23.2 Å². The van der Waals surface area contributed by atoms with Gasteiger partial charge >= 0.3 is 0 Å². The first kappa shape index (κ1) is 22.9. The van der Waals surface area contributed by atoms with Crippen LogP contribution in [-0.4, -0.2) is 34.8 Å². The molecular formula is C25H28ClNO4. The Kier molecular flexibility index (Phi) is 7.39. The van der Waals surface area contributed by atoms with Crippen LogP contribution < -0.4 is 4.74 Å². The van der Waals surface area contributed by atoms with Gasteiger partial charge in [-0.15, -0.1) is 0 Å². The van der Waals surface area contributed by atoms with Gasteiger partial charge in [0.15, 0.2) is 0 Å². The molecule has 1 unspecified atom stereocenters. The summed E-state index contributed by atoms with van der Waals surface area (Å²) in [5.74, 6) is -1.07. The van der Waals surface area contributed by atoms with Crippen LogP contribution in [0.15, 0.2) is 48.0 Å². The Labute approximate surface area is 188 Å². The SMILES string of the molecule is CCCCN1C(=O)C(=O)/C(=C(\O)c2ccc(Cl)c(OCC)c2)C1c1ccc(CC)cc1. The van der Waals surface area contributed by atoms with Crippen molar-refractivity contribution in [2.75, 3.05) is 13.2 Å². The molecule has 0 aromatic heterocycles. The minimum absolute atomic E-state index is 0.0927. The van der Waals surface area contributed by atoms with Crippen LogP contribution >= 0.6 is 11.6 Å². The second-order valence-electron chi connectivity index (χ2n) is 7.52. The molecule has 1 atom stereocenters. The molecule has 0 saturated carbocycles. The summed E-state index contributed by atoms with van der Waals surface area (Å²) in [4.78, 5) is 27.5. The van der Waals surface area contributed by atoms with Crippen LogP contribution in [-0.2, 0) is 16.0 Å². The third kappa shape index (κ3) is 4.62. The number of amides is 1. The lowest BCUT2D eigenvalue weighted by atomic mass is 9.94. The summed E-state index contributed by atoms with van der Waals surface area (Å²) in [6.07, 6.45) is 2.55. The molecule has 0 aliphatic carbocycles. The van der Waals surface area contributed by atoms with E-state index in [1.165, 1.54) is 0 Å². The van der Waals surface area contributed by atoms with E-state index in [-0.39, 0.29) is 11.3 Å². The van der Waals surface area contributed by atoms with Crippen LogP contribution in [0.1, 0.15) is 56.3 Å². The average Bonchev–Trinajstić information content (AvgIpc) is 3.03. The molecule has 1 amide bonds. The lowest BCUT2D eigenvalue weighted by Gasteiger charge is -2.25. The fourth-order valence-electron chi connectivity index (χ4n) is 3.79. The number of likely N-dealkylation sites (tertiary alicyclic amines) is 1. The van der Waals surface area contributed by atoms with Crippen molar-refractivity contribution < 1.29 is 19.4 Å². The predicted octanol–water partition coefficient (Wildman–Crippen LogP) is 5.52. The zero-order chi connectivity index (χ0) is 22.5. The summed E-state index contributed by atoms with van der Waals surface area (Å²) < 4.78 is 5.52. The number of nitrogens with zero attached hydrogens (tertiary/aromatic N) is 1. The zero-order valence-electron chi connectivity index (χ0n) is 18.2. The summed E-state index contributed by atoms with van der Waals surface area (Å²) in [6, 6.07) is 12.0. The normalized spacial score (nSPS) is 17.9. The van der Waals surface area contributed by atoms with Gasteiger partial charge < -0.3 is 14.7 Å². The Morgan fingerprint density at radius 1 is 1.10 bits per heavy atom. The molecule has 1 fully saturated rings. The molecule has 1 saturated heterocycles. The first-order chi connectivity index (χ1) is 14.9. The Morgan fingerprint density at radius 2 is 1.81 bits per heavy atom. The van der Waals surface area contributed by atoms with Gasteiger partial charge in [0, 0.05) is 12.1 Å². The van der Waals surface area contributed by atoms with Crippen LogP contribution in [0, 0.1) is 0 Å². The van der Waals surface area contributed by atoms with E-state index in [1.54, 1.807) is 23.1 Å². The monoisotopic (exact) mass is 441 g/mol. The molecule has 31 heavy (non-hydrogen) atoms. The number of Topliss-reactive ketones (excluding diaryl/α,β-unsaturated/α-hetero) is 1. The molecule has 2 aromatic carbocycles. The number of carbonyl (C=O) groups excluding carboxylic acids is 2. The Bertz CT molecular complexity index is 997. The van der Waals surface area contributed by atoms with Crippen molar-refractivity contribution in [1.29, 1.82) is 0 Å². The Hall–Kier alpha value is -2.79. The zero-order valence-corrected chi connectivity index (χ0v) is 18.9. The number of benzene rings is 2. The smallest absolute Gasteiger partial charge is 0.295 e. The van der Waals surface area contributed by atoms with Gasteiger partial charge in [-0.05, 0) is 49.1 Å². The van der Waals surface area contributed by atoms with Crippen LogP contribution in [0.25, 0.3) is 5.76 Å². The molecule has 2 aromatic rings. The minimum atomic E-state index is -0.675. The second-order valence-corrected chi connectivity index (χ2v) is 7.93. The van der Waals surface area contributed by atoms with Gasteiger partial charge in [-0.3, -0.25) is 9.59 Å². The van der Waals surface area contributed by atoms with Crippen molar-refractivity contribution in [1.82, 2.24) is 4.90 Å². The van der Waals surface area contributed by atoms with Crippen LogP contribution in [0.2, 0.25) is 5.02 Å². The topological polar surface area (TPSA) is 66.8 Å². The van der Waals surface area contributed by atoms with Crippen molar-refractivity contribution in [3.05, 3.63) is 69.8 Å². The molecule has 1 aliphatic heterocycles. The maximum absolute atomic E-state index is 13.0. The second kappa shape index (κ2) is 10.0. The highest BCUT2D eigenvalue weighted by Gasteiger charge is 2.45. The standard InChI is InChI=1S/C25H28ClNO4/c1-4-7-14-27-22(17-10-8-16(5-2)9-11-17)21(24(29)25(27)30)23(28)18-12-13-19(26)20(15-18)31-6-3/h8-13,15,22,28H,4-7,14H2,1-3H3/b23-21-. The van der Waals surface area contributed by atoms with Gasteiger partial charge in [-0.1, -0.05) is 56.1 Å².